The lowest BCUT2D eigenvalue weighted by molar-refractivity contribution is 0.0856. The Hall–Kier alpha value is -0.730. The van der Waals surface area contributed by atoms with E-state index in [0.717, 1.165) is 12.8 Å². The molecule has 1 saturated carbocycles. The SMILES string of the molecule is CNC(=O)OC1CCCCCCCCCCC1. The van der Waals surface area contributed by atoms with Crippen molar-refractivity contribution in [2.24, 2.45) is 0 Å². The number of hydrogen-bond acceptors (Lipinski definition) is 2. The van der Waals surface area contributed by atoms with Gasteiger partial charge < -0.3 is 10.1 Å². The van der Waals surface area contributed by atoms with Crippen molar-refractivity contribution in [2.75, 3.05) is 7.05 Å². The minimum absolute atomic E-state index is 0.134. The zero-order chi connectivity index (χ0) is 12.3. The fourth-order valence-corrected chi connectivity index (χ4v) is 2.45. The van der Waals surface area contributed by atoms with Gasteiger partial charge in [0.25, 0.3) is 0 Å². The number of hydrogen-bond donors (Lipinski definition) is 1. The molecule has 0 aromatic rings. The third-order valence-corrected chi connectivity index (χ3v) is 3.53. The number of rotatable bonds is 1. The number of alkyl carbamates (subject to hydrolysis) is 1. The van der Waals surface area contributed by atoms with E-state index in [-0.39, 0.29) is 12.2 Å². The molecule has 1 aliphatic rings. The molecular weight excluding hydrogens is 214 g/mol. The molecule has 0 aromatic carbocycles. The second-order valence-corrected chi connectivity index (χ2v) is 5.04. The molecule has 0 aliphatic heterocycles. The highest BCUT2D eigenvalue weighted by molar-refractivity contribution is 5.66. The van der Waals surface area contributed by atoms with E-state index in [2.05, 4.69) is 5.32 Å². The minimum atomic E-state index is -0.276. The largest absolute Gasteiger partial charge is 0.446 e. The van der Waals surface area contributed by atoms with Crippen molar-refractivity contribution in [1.82, 2.24) is 5.32 Å². The van der Waals surface area contributed by atoms with Crippen LogP contribution in [-0.2, 0) is 4.74 Å². The average Bonchev–Trinajstić information content (AvgIpc) is 2.32. The van der Waals surface area contributed by atoms with Gasteiger partial charge in [-0.05, 0) is 25.7 Å². The first kappa shape index (κ1) is 14.3. The molecule has 1 N–H and O–H groups in total. The van der Waals surface area contributed by atoms with Gasteiger partial charge in [-0.15, -0.1) is 0 Å². The highest BCUT2D eigenvalue weighted by Gasteiger charge is 2.13. The number of carbonyl (C=O) groups excluding carboxylic acids is 1. The molecule has 0 atom stereocenters. The second kappa shape index (κ2) is 9.32. The van der Waals surface area contributed by atoms with E-state index in [9.17, 15) is 4.79 Å². The van der Waals surface area contributed by atoms with Gasteiger partial charge in [0.1, 0.15) is 6.10 Å². The highest BCUT2D eigenvalue weighted by atomic mass is 16.6. The third-order valence-electron chi connectivity index (χ3n) is 3.53. The lowest BCUT2D eigenvalue weighted by atomic mass is 9.99. The van der Waals surface area contributed by atoms with Crippen molar-refractivity contribution >= 4 is 6.09 Å². The molecule has 0 unspecified atom stereocenters. The van der Waals surface area contributed by atoms with Gasteiger partial charge in [-0.2, -0.15) is 0 Å². The lowest BCUT2D eigenvalue weighted by Gasteiger charge is -2.18. The molecule has 0 heterocycles. The molecule has 0 aromatic heterocycles. The third kappa shape index (κ3) is 7.24. The Balaban J connectivity index is 2.29. The van der Waals surface area contributed by atoms with Crippen LogP contribution in [0, 0.1) is 0 Å². The van der Waals surface area contributed by atoms with Gasteiger partial charge in [-0.25, -0.2) is 4.79 Å². The molecule has 1 aliphatic carbocycles. The summed E-state index contributed by atoms with van der Waals surface area (Å²) in [5, 5.41) is 2.54. The standard InChI is InChI=1S/C14H27NO2/c1-15-14(16)17-13-11-9-7-5-3-2-4-6-8-10-12-13/h13H,2-12H2,1H3,(H,15,16). The minimum Gasteiger partial charge on any atom is -0.446 e. The van der Waals surface area contributed by atoms with Crippen LogP contribution in [0.5, 0.6) is 0 Å². The number of amides is 1. The maximum Gasteiger partial charge on any atom is 0.407 e. The van der Waals surface area contributed by atoms with Gasteiger partial charge in [-0.3, -0.25) is 0 Å². The molecule has 1 fully saturated rings. The Labute approximate surface area is 105 Å². The van der Waals surface area contributed by atoms with E-state index in [1.807, 2.05) is 0 Å². The van der Waals surface area contributed by atoms with Crippen LogP contribution in [0.1, 0.15) is 70.6 Å². The van der Waals surface area contributed by atoms with Crippen molar-refractivity contribution in [1.29, 1.82) is 0 Å². The predicted molar refractivity (Wildman–Crippen MR) is 70.1 cm³/mol. The van der Waals surface area contributed by atoms with E-state index in [4.69, 9.17) is 4.74 Å². The Morgan fingerprint density at radius 1 is 0.882 bits per heavy atom. The number of nitrogens with one attached hydrogen (secondary N) is 1. The maximum absolute atomic E-state index is 11.2. The first-order chi connectivity index (χ1) is 8.33. The van der Waals surface area contributed by atoms with Crippen LogP contribution >= 0.6 is 0 Å². The van der Waals surface area contributed by atoms with Crippen LogP contribution in [0.2, 0.25) is 0 Å². The monoisotopic (exact) mass is 241 g/mol. The summed E-state index contributed by atoms with van der Waals surface area (Å²) in [6.07, 6.45) is 13.7. The van der Waals surface area contributed by atoms with E-state index in [1.54, 1.807) is 7.05 Å². The van der Waals surface area contributed by atoms with Crippen LogP contribution < -0.4 is 5.32 Å². The summed E-state index contributed by atoms with van der Waals surface area (Å²) in [6.45, 7) is 0. The average molecular weight is 241 g/mol. The van der Waals surface area contributed by atoms with E-state index in [1.165, 1.54) is 57.8 Å². The van der Waals surface area contributed by atoms with Crippen LogP contribution in [0.25, 0.3) is 0 Å². The van der Waals surface area contributed by atoms with E-state index in [0.29, 0.717) is 0 Å². The molecule has 100 valence electrons. The van der Waals surface area contributed by atoms with E-state index < -0.39 is 0 Å². The molecule has 1 rings (SSSR count). The predicted octanol–water partition coefficient (Wildman–Crippen LogP) is 4.02. The summed E-state index contributed by atoms with van der Waals surface area (Å²) in [6, 6.07) is 0. The normalized spacial score (nSPS) is 21.0. The maximum atomic E-state index is 11.2. The lowest BCUT2D eigenvalue weighted by Crippen LogP contribution is -2.26. The molecule has 3 nitrogen and oxygen atoms in total. The Kier molecular flexibility index (Phi) is 7.85. The summed E-state index contributed by atoms with van der Waals surface area (Å²) < 4.78 is 5.39. The summed E-state index contributed by atoms with van der Waals surface area (Å²) in [7, 11) is 1.62. The number of carbonyl (C=O) groups is 1. The van der Waals surface area contributed by atoms with Crippen LogP contribution in [-0.4, -0.2) is 19.2 Å². The van der Waals surface area contributed by atoms with Crippen LogP contribution in [0.3, 0.4) is 0 Å². The van der Waals surface area contributed by atoms with Crippen molar-refractivity contribution in [2.45, 2.75) is 76.7 Å². The van der Waals surface area contributed by atoms with Crippen molar-refractivity contribution in [3.8, 4) is 0 Å². The molecule has 1 amide bonds. The summed E-state index contributed by atoms with van der Waals surface area (Å²) >= 11 is 0. The molecule has 0 spiro atoms. The molecule has 17 heavy (non-hydrogen) atoms. The number of ether oxygens (including phenoxy) is 1. The summed E-state index contributed by atoms with van der Waals surface area (Å²) in [5.74, 6) is 0. The van der Waals surface area contributed by atoms with Crippen molar-refractivity contribution < 1.29 is 9.53 Å². The fourth-order valence-electron chi connectivity index (χ4n) is 2.45. The van der Waals surface area contributed by atoms with Crippen molar-refractivity contribution in [3.63, 3.8) is 0 Å². The van der Waals surface area contributed by atoms with Gasteiger partial charge in [-0.1, -0.05) is 44.9 Å². The summed E-state index contributed by atoms with van der Waals surface area (Å²) in [5.41, 5.74) is 0. The molecule has 0 radical (unpaired) electrons. The molecule has 0 saturated heterocycles. The first-order valence-corrected chi connectivity index (χ1v) is 7.21. The van der Waals surface area contributed by atoms with E-state index >= 15 is 0 Å². The van der Waals surface area contributed by atoms with Gasteiger partial charge in [0, 0.05) is 7.05 Å². The van der Waals surface area contributed by atoms with Crippen LogP contribution in [0.4, 0.5) is 4.79 Å². The van der Waals surface area contributed by atoms with Gasteiger partial charge >= 0.3 is 6.09 Å². The molecular formula is C14H27NO2. The highest BCUT2D eigenvalue weighted by Crippen LogP contribution is 2.18. The smallest absolute Gasteiger partial charge is 0.407 e. The Morgan fingerprint density at radius 2 is 1.29 bits per heavy atom. The molecule has 0 bridgehead atoms. The van der Waals surface area contributed by atoms with Crippen LogP contribution in [0.15, 0.2) is 0 Å². The quantitative estimate of drug-likeness (QED) is 0.753. The fraction of sp³-hybridized carbons (Fsp3) is 0.929. The molecule has 3 heteroatoms. The topological polar surface area (TPSA) is 38.3 Å². The van der Waals surface area contributed by atoms with Gasteiger partial charge in [0.05, 0.1) is 0 Å². The first-order valence-electron chi connectivity index (χ1n) is 7.21. The van der Waals surface area contributed by atoms with Crippen molar-refractivity contribution in [3.05, 3.63) is 0 Å². The summed E-state index contributed by atoms with van der Waals surface area (Å²) in [4.78, 5) is 11.2. The van der Waals surface area contributed by atoms with Gasteiger partial charge in [0.15, 0.2) is 0 Å². The Bertz CT molecular complexity index is 194. The Morgan fingerprint density at radius 3 is 1.71 bits per heavy atom. The zero-order valence-corrected chi connectivity index (χ0v) is 11.2. The van der Waals surface area contributed by atoms with Gasteiger partial charge in [0.2, 0.25) is 0 Å². The second-order valence-electron chi connectivity index (χ2n) is 5.04. The zero-order valence-electron chi connectivity index (χ0n) is 11.2.